The van der Waals surface area contributed by atoms with Gasteiger partial charge >= 0.3 is 0 Å². The van der Waals surface area contributed by atoms with Crippen molar-refractivity contribution in [2.75, 3.05) is 26.7 Å². The maximum Gasteiger partial charge on any atom is 0.0637 e. The first-order valence-corrected chi connectivity index (χ1v) is 5.64. The van der Waals surface area contributed by atoms with Crippen LogP contribution in [-0.2, 0) is 13.5 Å². The number of nitrogens with one attached hydrogen (secondary N) is 1. The number of nitrogens with zero attached hydrogens (tertiary/aromatic N) is 3. The van der Waals surface area contributed by atoms with E-state index in [1.807, 2.05) is 17.9 Å². The predicted molar refractivity (Wildman–Crippen MR) is 60.8 cm³/mol. The highest BCUT2D eigenvalue weighted by Crippen LogP contribution is 2.05. The first kappa shape index (κ1) is 10.6. The zero-order valence-electron chi connectivity index (χ0n) is 9.61. The molecule has 0 amide bonds. The van der Waals surface area contributed by atoms with Crippen LogP contribution in [-0.4, -0.2) is 47.4 Å². The van der Waals surface area contributed by atoms with Gasteiger partial charge in [0.25, 0.3) is 0 Å². The minimum absolute atomic E-state index is 0.679. The smallest absolute Gasteiger partial charge is 0.0637 e. The van der Waals surface area contributed by atoms with Gasteiger partial charge in [0.1, 0.15) is 0 Å². The Labute approximate surface area is 91.3 Å². The minimum atomic E-state index is 0.679. The van der Waals surface area contributed by atoms with E-state index < -0.39 is 0 Å². The van der Waals surface area contributed by atoms with E-state index in [-0.39, 0.29) is 0 Å². The van der Waals surface area contributed by atoms with Gasteiger partial charge in [0.15, 0.2) is 0 Å². The summed E-state index contributed by atoms with van der Waals surface area (Å²) in [5.41, 5.74) is 1.18. The van der Waals surface area contributed by atoms with Crippen LogP contribution in [0.15, 0.2) is 12.3 Å². The molecule has 1 unspecified atom stereocenters. The molecule has 0 radical (unpaired) electrons. The summed E-state index contributed by atoms with van der Waals surface area (Å²) in [6.45, 7) is 3.44. The van der Waals surface area contributed by atoms with Gasteiger partial charge in [0, 0.05) is 38.8 Å². The molecular formula is C11H20N4. The third-order valence-corrected chi connectivity index (χ3v) is 2.97. The zero-order valence-corrected chi connectivity index (χ0v) is 9.61. The van der Waals surface area contributed by atoms with Gasteiger partial charge in [-0.3, -0.25) is 4.68 Å². The van der Waals surface area contributed by atoms with Crippen LogP contribution in [0, 0.1) is 0 Å². The fraction of sp³-hybridized carbons (Fsp3) is 0.727. The molecule has 1 aliphatic rings. The van der Waals surface area contributed by atoms with E-state index in [9.17, 15) is 0 Å². The maximum absolute atomic E-state index is 4.36. The van der Waals surface area contributed by atoms with Crippen LogP contribution in [0.4, 0.5) is 0 Å². The van der Waals surface area contributed by atoms with E-state index >= 15 is 0 Å². The van der Waals surface area contributed by atoms with Crippen LogP contribution >= 0.6 is 0 Å². The lowest BCUT2D eigenvalue weighted by Gasteiger charge is -2.11. The van der Waals surface area contributed by atoms with Gasteiger partial charge in [0.05, 0.1) is 5.69 Å². The van der Waals surface area contributed by atoms with Crippen LogP contribution < -0.4 is 5.32 Å². The second kappa shape index (κ2) is 4.77. The highest BCUT2D eigenvalue weighted by Gasteiger charge is 2.18. The Morgan fingerprint density at radius 2 is 2.40 bits per heavy atom. The van der Waals surface area contributed by atoms with Gasteiger partial charge in [0.2, 0.25) is 0 Å². The number of aromatic nitrogens is 2. The SMILES string of the molecule is CN1CCC(NCCc2ccn(C)n2)C1. The molecule has 15 heavy (non-hydrogen) atoms. The van der Waals surface area contributed by atoms with Crippen LogP contribution in [0.1, 0.15) is 12.1 Å². The molecule has 1 N–H and O–H groups in total. The van der Waals surface area contributed by atoms with E-state index in [1.165, 1.54) is 25.2 Å². The molecule has 0 aromatic carbocycles. The van der Waals surface area contributed by atoms with Gasteiger partial charge in [-0.1, -0.05) is 0 Å². The molecule has 2 rings (SSSR count). The van der Waals surface area contributed by atoms with E-state index in [0.717, 1.165) is 13.0 Å². The Kier molecular flexibility index (Phi) is 3.38. The molecule has 1 aliphatic heterocycles. The average Bonchev–Trinajstić information content (AvgIpc) is 2.76. The third kappa shape index (κ3) is 3.04. The number of rotatable bonds is 4. The van der Waals surface area contributed by atoms with Crippen molar-refractivity contribution in [2.45, 2.75) is 18.9 Å². The third-order valence-electron chi connectivity index (χ3n) is 2.97. The summed E-state index contributed by atoms with van der Waals surface area (Å²) in [5.74, 6) is 0. The molecule has 0 bridgehead atoms. The summed E-state index contributed by atoms with van der Waals surface area (Å²) in [7, 11) is 4.14. The van der Waals surface area contributed by atoms with Crippen molar-refractivity contribution in [3.63, 3.8) is 0 Å². The molecule has 1 aromatic rings. The Morgan fingerprint density at radius 1 is 1.53 bits per heavy atom. The molecule has 1 fully saturated rings. The summed E-state index contributed by atoms with van der Waals surface area (Å²) < 4.78 is 1.86. The zero-order chi connectivity index (χ0) is 10.7. The number of aryl methyl sites for hydroxylation is 1. The normalized spacial score (nSPS) is 22.4. The molecule has 0 saturated carbocycles. The molecule has 1 atom stereocenters. The second-order valence-electron chi connectivity index (χ2n) is 4.43. The minimum Gasteiger partial charge on any atom is -0.312 e. The molecular weight excluding hydrogens is 188 g/mol. The molecule has 84 valence electrons. The fourth-order valence-electron chi connectivity index (χ4n) is 2.10. The molecule has 4 heteroatoms. The number of hydrogen-bond donors (Lipinski definition) is 1. The first-order valence-electron chi connectivity index (χ1n) is 5.64. The molecule has 4 nitrogen and oxygen atoms in total. The quantitative estimate of drug-likeness (QED) is 0.770. The van der Waals surface area contributed by atoms with Crippen LogP contribution in [0.25, 0.3) is 0 Å². The van der Waals surface area contributed by atoms with Gasteiger partial charge in [-0.05, 0) is 26.1 Å². The van der Waals surface area contributed by atoms with Gasteiger partial charge in [-0.2, -0.15) is 5.10 Å². The molecule has 1 saturated heterocycles. The number of likely N-dealkylation sites (N-methyl/N-ethyl adjacent to an activating group) is 1. The van der Waals surface area contributed by atoms with Crippen molar-refractivity contribution in [3.05, 3.63) is 18.0 Å². The number of hydrogen-bond acceptors (Lipinski definition) is 3. The van der Waals surface area contributed by atoms with Crippen molar-refractivity contribution in [1.29, 1.82) is 0 Å². The van der Waals surface area contributed by atoms with E-state index in [2.05, 4.69) is 28.4 Å². The predicted octanol–water partition coefficient (Wildman–Crippen LogP) is 0.256. The van der Waals surface area contributed by atoms with E-state index in [1.54, 1.807) is 0 Å². The van der Waals surface area contributed by atoms with Gasteiger partial charge < -0.3 is 10.2 Å². The monoisotopic (exact) mass is 208 g/mol. The highest BCUT2D eigenvalue weighted by molar-refractivity contribution is 4.99. The van der Waals surface area contributed by atoms with Crippen molar-refractivity contribution in [3.8, 4) is 0 Å². The molecule has 0 aliphatic carbocycles. The van der Waals surface area contributed by atoms with Gasteiger partial charge in [-0.25, -0.2) is 0 Å². The maximum atomic E-state index is 4.36. The van der Waals surface area contributed by atoms with Crippen molar-refractivity contribution >= 4 is 0 Å². The lowest BCUT2D eigenvalue weighted by molar-refractivity contribution is 0.398. The summed E-state index contributed by atoms with van der Waals surface area (Å²) in [5, 5.41) is 7.93. The standard InChI is InChI=1S/C11H20N4/c1-14-7-4-11(9-14)12-6-3-10-5-8-15(2)13-10/h5,8,11-12H,3-4,6-7,9H2,1-2H3. The topological polar surface area (TPSA) is 33.1 Å². The molecule has 1 aromatic heterocycles. The molecule has 2 heterocycles. The summed E-state index contributed by atoms with van der Waals surface area (Å²) in [6.07, 6.45) is 4.30. The van der Waals surface area contributed by atoms with Crippen LogP contribution in [0.3, 0.4) is 0 Å². The van der Waals surface area contributed by atoms with Gasteiger partial charge in [-0.15, -0.1) is 0 Å². The Hall–Kier alpha value is -0.870. The number of likely N-dealkylation sites (tertiary alicyclic amines) is 1. The average molecular weight is 208 g/mol. The summed E-state index contributed by atoms with van der Waals surface area (Å²) in [4.78, 5) is 2.37. The van der Waals surface area contributed by atoms with Crippen molar-refractivity contribution in [1.82, 2.24) is 20.0 Å². The molecule has 0 spiro atoms. The van der Waals surface area contributed by atoms with Crippen molar-refractivity contribution in [2.24, 2.45) is 7.05 Å². The first-order chi connectivity index (χ1) is 7.24. The van der Waals surface area contributed by atoms with Crippen LogP contribution in [0.5, 0.6) is 0 Å². The lowest BCUT2D eigenvalue weighted by Crippen LogP contribution is -2.33. The van der Waals surface area contributed by atoms with E-state index in [4.69, 9.17) is 0 Å². The summed E-state index contributed by atoms with van der Waals surface area (Å²) in [6, 6.07) is 2.77. The summed E-state index contributed by atoms with van der Waals surface area (Å²) >= 11 is 0. The fourth-order valence-corrected chi connectivity index (χ4v) is 2.10. The van der Waals surface area contributed by atoms with E-state index in [0.29, 0.717) is 6.04 Å². The Bertz CT molecular complexity index is 307. The van der Waals surface area contributed by atoms with Crippen molar-refractivity contribution < 1.29 is 0 Å². The Morgan fingerprint density at radius 3 is 3.00 bits per heavy atom. The largest absolute Gasteiger partial charge is 0.312 e. The Balaban J connectivity index is 1.67. The van der Waals surface area contributed by atoms with Crippen LogP contribution in [0.2, 0.25) is 0 Å². The highest BCUT2D eigenvalue weighted by atomic mass is 15.2. The lowest BCUT2D eigenvalue weighted by atomic mass is 10.2. The second-order valence-corrected chi connectivity index (χ2v) is 4.43.